The summed E-state index contributed by atoms with van der Waals surface area (Å²) in [4.78, 5) is 6.41. The lowest BCUT2D eigenvalue weighted by Crippen LogP contribution is -3.10. The fourth-order valence-electron chi connectivity index (χ4n) is 5.76. The number of nitrogens with one attached hydrogen (secondary N) is 1. The third kappa shape index (κ3) is 3.07. The van der Waals surface area contributed by atoms with Crippen LogP contribution in [0.1, 0.15) is 33.3 Å². The number of para-hydroxylation sites is 1. The lowest BCUT2D eigenvalue weighted by molar-refractivity contribution is -0.843. The van der Waals surface area contributed by atoms with E-state index < -0.39 is 0 Å². The van der Waals surface area contributed by atoms with Gasteiger partial charge in [-0.3, -0.25) is 4.90 Å². The largest absolute Gasteiger partial charge is 0.347 e. The number of rotatable bonds is 4. The first-order valence-corrected chi connectivity index (χ1v) is 11.8. The Bertz CT molecular complexity index is 1170. The van der Waals surface area contributed by atoms with Crippen LogP contribution < -0.4 is 14.7 Å². The zero-order chi connectivity index (χ0) is 22.5. The van der Waals surface area contributed by atoms with Gasteiger partial charge in [0.2, 0.25) is 0 Å². The van der Waals surface area contributed by atoms with Crippen LogP contribution in [-0.4, -0.2) is 26.3 Å². The lowest BCUT2D eigenvalue weighted by atomic mass is 9.84. The van der Waals surface area contributed by atoms with Crippen LogP contribution in [0.4, 0.5) is 17.1 Å². The number of fused-ring (bicyclic) bond motifs is 3. The molecule has 2 unspecified atom stereocenters. The van der Waals surface area contributed by atoms with Gasteiger partial charge in [-0.05, 0) is 54.5 Å². The van der Waals surface area contributed by atoms with Crippen LogP contribution in [0.2, 0.25) is 0 Å². The Morgan fingerprint density at radius 1 is 0.938 bits per heavy atom. The molecule has 164 valence electrons. The van der Waals surface area contributed by atoms with Gasteiger partial charge in [0, 0.05) is 36.5 Å². The molecular weight excluding hydrogens is 390 g/mol. The van der Waals surface area contributed by atoms with E-state index in [0.29, 0.717) is 6.17 Å². The molecule has 2 heterocycles. The SMILES string of the molecule is CCN1c2cc3ccccc3cc2[NH+](CC)C1/C=C/C=C1\N(C)c2ccccc2C1(C)C. The number of hydrogen-bond donors (Lipinski definition) is 1. The van der Waals surface area contributed by atoms with Crippen LogP contribution in [0.25, 0.3) is 10.8 Å². The van der Waals surface area contributed by atoms with E-state index in [1.807, 2.05) is 0 Å². The summed E-state index contributed by atoms with van der Waals surface area (Å²) in [5.41, 5.74) is 6.86. The van der Waals surface area contributed by atoms with Crippen LogP contribution in [0.3, 0.4) is 0 Å². The molecule has 0 bridgehead atoms. The minimum absolute atomic E-state index is 0.00773. The molecular formula is C29H34N3+. The average Bonchev–Trinajstić information content (AvgIpc) is 3.20. The van der Waals surface area contributed by atoms with Crippen LogP contribution in [0.15, 0.2) is 84.6 Å². The van der Waals surface area contributed by atoms with Gasteiger partial charge in [-0.1, -0.05) is 62.4 Å². The predicted octanol–water partition coefficient (Wildman–Crippen LogP) is 5.41. The molecule has 2 aliphatic rings. The molecule has 0 spiro atoms. The standard InChI is InChI=1S/C29H33N3/c1-6-31-25-19-21-13-8-9-14-22(21)20-26(25)32(7-2)28(31)18-12-17-27-29(3,4)23-15-10-11-16-24(23)30(27)5/h8-20,28H,6-7H2,1-5H3/p+1/b18-12+,27-17-. The minimum Gasteiger partial charge on any atom is -0.347 e. The molecule has 0 aliphatic carbocycles. The Balaban J connectivity index is 1.50. The molecule has 3 aromatic carbocycles. The van der Waals surface area contributed by atoms with E-state index >= 15 is 0 Å². The summed E-state index contributed by atoms with van der Waals surface area (Å²) in [5.74, 6) is 0. The maximum absolute atomic E-state index is 2.55. The molecule has 2 atom stereocenters. The number of quaternary nitrogens is 1. The van der Waals surface area contributed by atoms with Gasteiger partial charge in [0.15, 0.2) is 11.9 Å². The van der Waals surface area contributed by atoms with E-state index in [0.717, 1.165) is 13.1 Å². The van der Waals surface area contributed by atoms with Crippen LogP contribution in [0.5, 0.6) is 0 Å². The molecule has 0 aromatic heterocycles. The highest BCUT2D eigenvalue weighted by Gasteiger charge is 2.39. The molecule has 0 saturated carbocycles. The number of likely N-dealkylation sites (N-methyl/N-ethyl adjacent to an activating group) is 3. The molecule has 0 radical (unpaired) electrons. The zero-order valence-electron chi connectivity index (χ0n) is 19.9. The highest BCUT2D eigenvalue weighted by atomic mass is 15.4. The first kappa shape index (κ1) is 20.8. The van der Waals surface area contributed by atoms with E-state index in [9.17, 15) is 0 Å². The van der Waals surface area contributed by atoms with Gasteiger partial charge >= 0.3 is 0 Å². The summed E-state index contributed by atoms with van der Waals surface area (Å²) in [6, 6.07) is 22.2. The summed E-state index contributed by atoms with van der Waals surface area (Å²) in [5, 5.41) is 2.64. The number of hydrogen-bond acceptors (Lipinski definition) is 2. The maximum Gasteiger partial charge on any atom is 0.187 e. The third-order valence-electron chi connectivity index (χ3n) is 7.42. The second-order valence-electron chi connectivity index (χ2n) is 9.46. The van der Waals surface area contributed by atoms with Crippen LogP contribution in [0, 0.1) is 0 Å². The first-order valence-electron chi connectivity index (χ1n) is 11.8. The van der Waals surface area contributed by atoms with Gasteiger partial charge in [0.25, 0.3) is 0 Å². The minimum atomic E-state index is 0.00773. The third-order valence-corrected chi connectivity index (χ3v) is 7.42. The Morgan fingerprint density at radius 2 is 1.62 bits per heavy atom. The smallest absolute Gasteiger partial charge is 0.187 e. The number of anilines is 2. The van der Waals surface area contributed by atoms with Crippen molar-refractivity contribution in [2.75, 3.05) is 29.9 Å². The monoisotopic (exact) mass is 424 g/mol. The molecule has 0 saturated heterocycles. The number of nitrogens with zero attached hydrogens (tertiary/aromatic N) is 2. The molecule has 3 nitrogen and oxygen atoms in total. The lowest BCUT2D eigenvalue weighted by Gasteiger charge is -2.25. The van der Waals surface area contributed by atoms with Crippen molar-refractivity contribution in [3.8, 4) is 0 Å². The van der Waals surface area contributed by atoms with Crippen LogP contribution in [-0.2, 0) is 5.41 Å². The molecule has 1 N–H and O–H groups in total. The van der Waals surface area contributed by atoms with E-state index in [4.69, 9.17) is 0 Å². The van der Waals surface area contributed by atoms with Crippen molar-refractivity contribution < 1.29 is 4.90 Å². The summed E-state index contributed by atoms with van der Waals surface area (Å²) < 4.78 is 0. The van der Waals surface area contributed by atoms with Crippen molar-refractivity contribution in [2.45, 2.75) is 39.3 Å². The van der Waals surface area contributed by atoms with Gasteiger partial charge < -0.3 is 9.80 Å². The summed E-state index contributed by atoms with van der Waals surface area (Å²) >= 11 is 0. The molecule has 32 heavy (non-hydrogen) atoms. The second-order valence-corrected chi connectivity index (χ2v) is 9.46. The Hall–Kier alpha value is -3.04. The highest BCUT2D eigenvalue weighted by molar-refractivity contribution is 5.91. The number of allylic oxidation sites excluding steroid dienone is 3. The normalized spacial score (nSPS) is 22.8. The fourth-order valence-corrected chi connectivity index (χ4v) is 5.76. The Labute approximate surface area is 192 Å². The van der Waals surface area contributed by atoms with Crippen molar-refractivity contribution in [2.24, 2.45) is 0 Å². The Kier molecular flexibility index (Phi) is 5.10. The quantitative estimate of drug-likeness (QED) is 0.600. The van der Waals surface area contributed by atoms with Gasteiger partial charge in [-0.25, -0.2) is 0 Å². The Morgan fingerprint density at radius 3 is 2.31 bits per heavy atom. The van der Waals surface area contributed by atoms with Crippen molar-refractivity contribution in [1.29, 1.82) is 0 Å². The summed E-state index contributed by atoms with van der Waals surface area (Å²) in [6.45, 7) is 11.3. The highest BCUT2D eigenvalue weighted by Crippen LogP contribution is 2.46. The van der Waals surface area contributed by atoms with E-state index in [1.165, 1.54) is 44.0 Å². The second kappa shape index (κ2) is 7.83. The van der Waals surface area contributed by atoms with Crippen molar-refractivity contribution in [3.63, 3.8) is 0 Å². The number of benzene rings is 3. The van der Waals surface area contributed by atoms with E-state index in [2.05, 4.69) is 123 Å². The molecule has 0 fully saturated rings. The van der Waals surface area contributed by atoms with Crippen LogP contribution >= 0.6 is 0 Å². The van der Waals surface area contributed by atoms with Gasteiger partial charge in [0.1, 0.15) is 5.69 Å². The molecule has 2 aliphatic heterocycles. The summed E-state index contributed by atoms with van der Waals surface area (Å²) in [6.07, 6.45) is 7.31. The van der Waals surface area contributed by atoms with Crippen molar-refractivity contribution in [3.05, 3.63) is 90.2 Å². The zero-order valence-corrected chi connectivity index (χ0v) is 19.9. The maximum atomic E-state index is 2.55. The predicted molar refractivity (Wildman–Crippen MR) is 137 cm³/mol. The van der Waals surface area contributed by atoms with E-state index in [-0.39, 0.29) is 5.41 Å². The van der Waals surface area contributed by atoms with Gasteiger partial charge in [0.05, 0.1) is 6.54 Å². The molecule has 5 rings (SSSR count). The average molecular weight is 425 g/mol. The van der Waals surface area contributed by atoms with Crippen molar-refractivity contribution >= 4 is 27.8 Å². The summed E-state index contributed by atoms with van der Waals surface area (Å²) in [7, 11) is 2.19. The molecule has 3 aromatic rings. The van der Waals surface area contributed by atoms with Gasteiger partial charge in [-0.15, -0.1) is 0 Å². The topological polar surface area (TPSA) is 10.9 Å². The first-order chi connectivity index (χ1) is 15.5. The molecule has 0 amide bonds. The van der Waals surface area contributed by atoms with E-state index in [1.54, 1.807) is 0 Å². The van der Waals surface area contributed by atoms with Gasteiger partial charge in [-0.2, -0.15) is 0 Å². The fraction of sp³-hybridized carbons (Fsp3) is 0.310. The van der Waals surface area contributed by atoms with Crippen molar-refractivity contribution in [1.82, 2.24) is 0 Å². The molecule has 3 heteroatoms.